The fourth-order valence-corrected chi connectivity index (χ4v) is 6.91. The summed E-state index contributed by atoms with van der Waals surface area (Å²) in [6.45, 7) is 8.23. The number of halogens is 2. The van der Waals surface area contributed by atoms with Crippen LogP contribution < -0.4 is 10.1 Å². The zero-order valence-corrected chi connectivity index (χ0v) is 25.7. The van der Waals surface area contributed by atoms with Gasteiger partial charge in [0.05, 0.1) is 47.5 Å². The number of rotatable bonds is 8. The van der Waals surface area contributed by atoms with E-state index in [1.807, 2.05) is 40.7 Å². The van der Waals surface area contributed by atoms with Crippen molar-refractivity contribution in [2.75, 3.05) is 26.9 Å². The van der Waals surface area contributed by atoms with Crippen molar-refractivity contribution in [1.82, 2.24) is 29.6 Å². The van der Waals surface area contributed by atoms with Gasteiger partial charge in [-0.3, -0.25) is 4.68 Å². The lowest BCUT2D eigenvalue weighted by Crippen LogP contribution is -2.31. The minimum atomic E-state index is -0.734. The molecule has 0 saturated heterocycles. The molecule has 0 saturated carbocycles. The summed E-state index contributed by atoms with van der Waals surface area (Å²) in [4.78, 5) is 9.91. The molecule has 44 heavy (non-hydrogen) atoms. The van der Waals surface area contributed by atoms with E-state index in [4.69, 9.17) is 19.6 Å². The molecule has 7 rings (SSSR count). The standard InChI is InChI=1S/C33H32F2N6O2S/c1-18(2)40-17-37-24-13-20(5-6-26(24)40)31-22-7-12-44-33(22)30(29-23(35)14-21(34)15-28(29)43-11-10-42-4)32(38-31)25-16-27-19(3)36-8-9-41(27)39-25/h5-7,12-19,36H,8-11H2,1-4H3. The van der Waals surface area contributed by atoms with Gasteiger partial charge in [-0.05, 0) is 50.4 Å². The van der Waals surface area contributed by atoms with Crippen molar-refractivity contribution in [2.24, 2.45) is 0 Å². The van der Waals surface area contributed by atoms with Gasteiger partial charge in [0.25, 0.3) is 0 Å². The smallest absolute Gasteiger partial charge is 0.137 e. The Balaban J connectivity index is 1.51. The Labute approximate surface area is 257 Å². The van der Waals surface area contributed by atoms with Crippen LogP contribution in [0.1, 0.15) is 38.5 Å². The Bertz CT molecular complexity index is 2010. The van der Waals surface area contributed by atoms with Gasteiger partial charge in [0, 0.05) is 59.1 Å². The van der Waals surface area contributed by atoms with Crippen LogP contribution in [0.4, 0.5) is 8.78 Å². The lowest BCUT2D eigenvalue weighted by molar-refractivity contribution is 0.146. The highest BCUT2D eigenvalue weighted by molar-refractivity contribution is 7.18. The van der Waals surface area contributed by atoms with Gasteiger partial charge in [0.1, 0.15) is 35.4 Å². The molecule has 0 fully saturated rings. The summed E-state index contributed by atoms with van der Waals surface area (Å²) in [7, 11) is 1.55. The van der Waals surface area contributed by atoms with Gasteiger partial charge >= 0.3 is 0 Å². The van der Waals surface area contributed by atoms with E-state index in [9.17, 15) is 4.39 Å². The molecule has 11 heteroatoms. The number of thiophene rings is 1. The third-order valence-corrected chi connectivity index (χ3v) is 9.03. The van der Waals surface area contributed by atoms with Gasteiger partial charge < -0.3 is 19.4 Å². The summed E-state index contributed by atoms with van der Waals surface area (Å²) in [6, 6.07) is 12.6. The molecule has 1 unspecified atom stereocenters. The van der Waals surface area contributed by atoms with Crippen molar-refractivity contribution in [3.8, 4) is 39.5 Å². The monoisotopic (exact) mass is 614 g/mol. The molecule has 1 aliphatic heterocycles. The van der Waals surface area contributed by atoms with Gasteiger partial charge in [-0.2, -0.15) is 5.10 Å². The van der Waals surface area contributed by atoms with Crippen LogP contribution in [0, 0.1) is 11.6 Å². The number of ether oxygens (including phenoxy) is 2. The third kappa shape index (κ3) is 4.85. The van der Waals surface area contributed by atoms with E-state index < -0.39 is 11.6 Å². The minimum Gasteiger partial charge on any atom is -0.490 e. The number of imidazole rings is 1. The number of nitrogens with one attached hydrogen (secondary N) is 1. The minimum absolute atomic E-state index is 0.0877. The van der Waals surface area contributed by atoms with Crippen molar-refractivity contribution in [3.05, 3.63) is 71.5 Å². The number of methoxy groups -OCH3 is 1. The molecule has 226 valence electrons. The zero-order chi connectivity index (χ0) is 30.5. The molecular formula is C33H32F2N6O2S. The summed E-state index contributed by atoms with van der Waals surface area (Å²) in [6.07, 6.45) is 1.86. The fourth-order valence-electron chi connectivity index (χ4n) is 5.96. The molecule has 4 aromatic heterocycles. The topological polar surface area (TPSA) is 79.0 Å². The fraction of sp³-hybridized carbons (Fsp3) is 0.303. The largest absolute Gasteiger partial charge is 0.490 e. The Morgan fingerprint density at radius 1 is 1.07 bits per heavy atom. The first-order chi connectivity index (χ1) is 21.3. The highest BCUT2D eigenvalue weighted by Gasteiger charge is 2.28. The molecule has 0 amide bonds. The maximum atomic E-state index is 16.0. The summed E-state index contributed by atoms with van der Waals surface area (Å²) in [5.41, 5.74) is 6.32. The maximum absolute atomic E-state index is 16.0. The van der Waals surface area contributed by atoms with Gasteiger partial charge in [-0.1, -0.05) is 6.07 Å². The Hall–Kier alpha value is -4.19. The first-order valence-electron chi connectivity index (χ1n) is 14.6. The second kappa shape index (κ2) is 11.4. The van der Waals surface area contributed by atoms with Crippen LogP contribution in [0.2, 0.25) is 0 Å². The zero-order valence-electron chi connectivity index (χ0n) is 24.9. The number of fused-ring (bicyclic) bond motifs is 3. The van der Waals surface area contributed by atoms with Gasteiger partial charge in [-0.25, -0.2) is 18.7 Å². The average Bonchev–Trinajstić information content (AvgIpc) is 3.75. The highest BCUT2D eigenvalue weighted by atomic mass is 32.1. The number of pyridine rings is 1. The molecule has 1 aliphatic rings. The Morgan fingerprint density at radius 2 is 1.93 bits per heavy atom. The van der Waals surface area contributed by atoms with E-state index in [2.05, 4.69) is 41.7 Å². The van der Waals surface area contributed by atoms with Crippen LogP contribution in [-0.2, 0) is 11.3 Å². The summed E-state index contributed by atoms with van der Waals surface area (Å²) >= 11 is 1.48. The van der Waals surface area contributed by atoms with Gasteiger partial charge in [0.2, 0.25) is 0 Å². The van der Waals surface area contributed by atoms with Crippen molar-refractivity contribution >= 4 is 32.5 Å². The Morgan fingerprint density at radius 3 is 2.73 bits per heavy atom. The normalized spacial score (nSPS) is 15.0. The molecule has 0 bridgehead atoms. The van der Waals surface area contributed by atoms with Crippen molar-refractivity contribution in [3.63, 3.8) is 0 Å². The number of aromatic nitrogens is 5. The van der Waals surface area contributed by atoms with Crippen molar-refractivity contribution in [2.45, 2.75) is 39.4 Å². The summed E-state index contributed by atoms with van der Waals surface area (Å²) in [5.74, 6) is -1.37. The Kier molecular flexibility index (Phi) is 7.39. The predicted molar refractivity (Wildman–Crippen MR) is 169 cm³/mol. The SMILES string of the molecule is COCCOc1cc(F)cc(F)c1-c1c(-c2cc3n(n2)CCNC3C)nc(-c2ccc3c(c2)ncn3C(C)C)c2ccsc12. The van der Waals surface area contributed by atoms with E-state index in [1.54, 1.807) is 7.11 Å². The molecule has 1 N–H and O–H groups in total. The molecule has 2 aromatic carbocycles. The summed E-state index contributed by atoms with van der Waals surface area (Å²) < 4.78 is 46.5. The molecule has 0 spiro atoms. The lowest BCUT2D eigenvalue weighted by atomic mass is 9.96. The second-order valence-electron chi connectivity index (χ2n) is 11.3. The van der Waals surface area contributed by atoms with E-state index in [1.165, 1.54) is 17.4 Å². The van der Waals surface area contributed by atoms with E-state index >= 15 is 4.39 Å². The first kappa shape index (κ1) is 28.6. The number of benzene rings is 2. The van der Waals surface area contributed by atoms with Crippen molar-refractivity contribution < 1.29 is 18.3 Å². The van der Waals surface area contributed by atoms with Gasteiger partial charge in [0.15, 0.2) is 0 Å². The van der Waals surface area contributed by atoms with E-state index in [0.29, 0.717) is 23.5 Å². The highest BCUT2D eigenvalue weighted by Crippen LogP contribution is 2.47. The molecule has 0 radical (unpaired) electrons. The summed E-state index contributed by atoms with van der Waals surface area (Å²) in [5, 5.41) is 11.2. The molecular weight excluding hydrogens is 582 g/mol. The molecule has 5 heterocycles. The average molecular weight is 615 g/mol. The number of hydrogen-bond acceptors (Lipinski definition) is 7. The van der Waals surface area contributed by atoms with Crippen LogP contribution in [-0.4, -0.2) is 51.2 Å². The quantitative estimate of drug-likeness (QED) is 0.180. The lowest BCUT2D eigenvalue weighted by Gasteiger charge is -2.21. The van der Waals surface area contributed by atoms with Crippen LogP contribution >= 0.6 is 11.3 Å². The molecule has 1 atom stereocenters. The molecule has 8 nitrogen and oxygen atoms in total. The van der Waals surface area contributed by atoms with Crippen LogP contribution in [0.3, 0.4) is 0 Å². The van der Waals surface area contributed by atoms with Crippen LogP contribution in [0.15, 0.2) is 54.2 Å². The number of hydrogen-bond donors (Lipinski definition) is 1. The van der Waals surface area contributed by atoms with Crippen LogP contribution in [0.25, 0.3) is 54.9 Å². The maximum Gasteiger partial charge on any atom is 0.137 e. The van der Waals surface area contributed by atoms with Gasteiger partial charge in [-0.15, -0.1) is 11.3 Å². The first-order valence-corrected chi connectivity index (χ1v) is 15.5. The predicted octanol–water partition coefficient (Wildman–Crippen LogP) is 7.39. The number of nitrogens with zero attached hydrogens (tertiary/aromatic N) is 5. The molecule has 0 aliphatic carbocycles. The van der Waals surface area contributed by atoms with E-state index in [-0.39, 0.29) is 36.6 Å². The van der Waals surface area contributed by atoms with Crippen molar-refractivity contribution in [1.29, 1.82) is 0 Å². The second-order valence-corrected chi connectivity index (χ2v) is 12.2. The molecule has 6 aromatic rings. The van der Waals surface area contributed by atoms with Crippen LogP contribution in [0.5, 0.6) is 5.75 Å². The van der Waals surface area contributed by atoms with E-state index in [0.717, 1.165) is 50.7 Å². The third-order valence-electron chi connectivity index (χ3n) is 8.10.